The van der Waals surface area contributed by atoms with Crippen LogP contribution in [0.15, 0.2) is 0 Å². The Morgan fingerprint density at radius 1 is 1.64 bits per heavy atom. The smallest absolute Gasteiger partial charge is 0.0883 e. The van der Waals surface area contributed by atoms with Gasteiger partial charge in [0.2, 0.25) is 0 Å². The van der Waals surface area contributed by atoms with E-state index in [4.69, 9.17) is 5.73 Å². The lowest BCUT2D eigenvalue weighted by molar-refractivity contribution is 0.304. The molecule has 0 aromatic rings. The van der Waals surface area contributed by atoms with Crippen LogP contribution in [0, 0.1) is 5.41 Å². The fourth-order valence-electron chi connectivity index (χ4n) is 0.449. The third-order valence-electron chi connectivity index (χ3n) is 1.96. The average Bonchev–Trinajstić information content (AvgIpc) is 1.84. The molecule has 3 N–H and O–H groups in total. The van der Waals surface area contributed by atoms with Gasteiger partial charge in [0.15, 0.2) is 0 Å². The van der Waals surface area contributed by atoms with Gasteiger partial charge in [-0.2, -0.15) is 0 Å². The van der Waals surface area contributed by atoms with Crippen molar-refractivity contribution in [3.63, 3.8) is 0 Å². The molecule has 0 heterocycles. The van der Waals surface area contributed by atoms with Gasteiger partial charge < -0.3 is 5.73 Å². The van der Waals surface area contributed by atoms with Crippen LogP contribution in [-0.2, 0) is 11.0 Å². The van der Waals surface area contributed by atoms with Gasteiger partial charge in [-0.15, -0.1) is 0 Å². The third kappa shape index (κ3) is 4.50. The van der Waals surface area contributed by atoms with E-state index in [9.17, 15) is 4.21 Å². The highest BCUT2D eigenvalue weighted by Crippen LogP contribution is 2.16. The molecule has 4 heteroatoms. The molecule has 0 radical (unpaired) electrons. The van der Waals surface area contributed by atoms with Crippen LogP contribution in [0.4, 0.5) is 0 Å². The number of hydrogen-bond acceptors (Lipinski definition) is 2. The average molecular weight is 178 g/mol. The van der Waals surface area contributed by atoms with E-state index in [2.05, 4.69) is 18.6 Å². The Hall–Kier alpha value is 0.0700. The molecule has 0 spiro atoms. The molecule has 0 amide bonds. The van der Waals surface area contributed by atoms with E-state index < -0.39 is 11.0 Å². The van der Waals surface area contributed by atoms with Crippen molar-refractivity contribution in [2.75, 3.05) is 12.8 Å². The summed E-state index contributed by atoms with van der Waals surface area (Å²) in [5, 5.41) is 0. The summed E-state index contributed by atoms with van der Waals surface area (Å²) in [4.78, 5) is 0. The molecule has 0 saturated heterocycles. The van der Waals surface area contributed by atoms with Gasteiger partial charge in [0, 0.05) is 18.8 Å². The van der Waals surface area contributed by atoms with E-state index in [1.807, 2.05) is 6.92 Å². The molecule has 0 rings (SSSR count). The number of hydrogen-bond donors (Lipinski definition) is 2. The van der Waals surface area contributed by atoms with Gasteiger partial charge in [-0.05, 0) is 12.3 Å². The number of nitrogens with one attached hydrogen (secondary N) is 1. The van der Waals surface area contributed by atoms with Gasteiger partial charge in [-0.1, -0.05) is 13.8 Å². The Bertz CT molecular complexity index is 145. The van der Waals surface area contributed by atoms with Gasteiger partial charge in [0.1, 0.15) is 0 Å². The molecule has 2 unspecified atom stereocenters. The first kappa shape index (κ1) is 11.1. The normalized spacial score (nSPS) is 17.9. The zero-order valence-electron chi connectivity index (χ0n) is 7.68. The summed E-state index contributed by atoms with van der Waals surface area (Å²) in [6.07, 6.45) is 1.62. The van der Waals surface area contributed by atoms with Gasteiger partial charge in [-0.3, -0.25) is 0 Å². The fourth-order valence-corrected chi connectivity index (χ4v) is 1.02. The van der Waals surface area contributed by atoms with Crippen LogP contribution < -0.4 is 10.5 Å². The van der Waals surface area contributed by atoms with Crippen LogP contribution >= 0.6 is 0 Å². The van der Waals surface area contributed by atoms with E-state index in [-0.39, 0.29) is 11.5 Å². The Morgan fingerprint density at radius 2 is 2.09 bits per heavy atom. The van der Waals surface area contributed by atoms with Crippen LogP contribution in [0.1, 0.15) is 20.8 Å². The first-order valence-corrected chi connectivity index (χ1v) is 5.24. The minimum Gasteiger partial charge on any atom is -0.327 e. The fraction of sp³-hybridized carbons (Fsp3) is 1.00. The number of rotatable bonds is 4. The molecule has 0 fully saturated rings. The van der Waals surface area contributed by atoms with Crippen molar-refractivity contribution in [3.05, 3.63) is 0 Å². The van der Waals surface area contributed by atoms with Crippen LogP contribution in [0.3, 0.4) is 0 Å². The van der Waals surface area contributed by atoms with Crippen LogP contribution in [0.5, 0.6) is 0 Å². The maximum absolute atomic E-state index is 10.7. The highest BCUT2D eigenvalue weighted by molar-refractivity contribution is 7.82. The van der Waals surface area contributed by atoms with Crippen molar-refractivity contribution >= 4 is 11.0 Å². The van der Waals surface area contributed by atoms with Gasteiger partial charge >= 0.3 is 0 Å². The molecule has 0 aliphatic carbocycles. The first-order chi connectivity index (χ1) is 4.86. The summed E-state index contributed by atoms with van der Waals surface area (Å²) in [5.74, 6) is 0. The first-order valence-electron chi connectivity index (χ1n) is 3.69. The van der Waals surface area contributed by atoms with E-state index in [1.165, 1.54) is 0 Å². The monoisotopic (exact) mass is 178 g/mol. The summed E-state index contributed by atoms with van der Waals surface area (Å²) in [6, 6.07) is 0.110. The summed E-state index contributed by atoms with van der Waals surface area (Å²) in [7, 11) is -0.934. The summed E-state index contributed by atoms with van der Waals surface area (Å²) in [5.41, 5.74) is 5.72. The zero-order valence-corrected chi connectivity index (χ0v) is 8.49. The van der Waals surface area contributed by atoms with E-state index in [0.717, 1.165) is 0 Å². The molecular formula is C7H18N2OS. The van der Waals surface area contributed by atoms with Crippen molar-refractivity contribution in [3.8, 4) is 0 Å². The molecule has 0 aromatic heterocycles. The predicted molar refractivity (Wildman–Crippen MR) is 49.5 cm³/mol. The zero-order chi connectivity index (χ0) is 9.07. The lowest BCUT2D eigenvalue weighted by Gasteiger charge is -2.28. The lowest BCUT2D eigenvalue weighted by Crippen LogP contribution is -2.42. The second kappa shape index (κ2) is 4.18. The summed E-state index contributed by atoms with van der Waals surface area (Å²) < 4.78 is 13.5. The Morgan fingerprint density at radius 3 is 2.36 bits per heavy atom. The van der Waals surface area contributed by atoms with E-state index in [0.29, 0.717) is 6.54 Å². The minimum atomic E-state index is -0.934. The standard InChI is InChI=1S/C7H18N2OS/c1-6(8)7(2,3)5-9-11(4)10/h6,9H,5,8H2,1-4H3. The molecular weight excluding hydrogens is 160 g/mol. The van der Waals surface area contributed by atoms with Gasteiger partial charge in [0.05, 0.1) is 11.0 Å². The van der Waals surface area contributed by atoms with Crippen LogP contribution in [0.25, 0.3) is 0 Å². The minimum absolute atomic E-state index is 0.00562. The van der Waals surface area contributed by atoms with Crippen molar-refractivity contribution in [1.82, 2.24) is 4.72 Å². The molecule has 0 aromatic carbocycles. The summed E-state index contributed by atoms with van der Waals surface area (Å²) in [6.45, 7) is 6.75. The summed E-state index contributed by atoms with van der Waals surface area (Å²) >= 11 is 0. The largest absolute Gasteiger partial charge is 0.327 e. The molecule has 0 bridgehead atoms. The highest BCUT2D eigenvalue weighted by Gasteiger charge is 2.22. The Labute approximate surface area is 71.3 Å². The van der Waals surface area contributed by atoms with Crippen molar-refractivity contribution in [2.45, 2.75) is 26.8 Å². The van der Waals surface area contributed by atoms with Crippen molar-refractivity contribution in [2.24, 2.45) is 11.1 Å². The Balaban J connectivity index is 3.82. The second-order valence-corrected chi connectivity index (χ2v) is 4.75. The molecule has 0 saturated carbocycles. The van der Waals surface area contributed by atoms with Gasteiger partial charge in [0.25, 0.3) is 0 Å². The van der Waals surface area contributed by atoms with Crippen molar-refractivity contribution < 1.29 is 4.21 Å². The number of nitrogens with two attached hydrogens (primary N) is 1. The second-order valence-electron chi connectivity index (χ2n) is 3.55. The van der Waals surface area contributed by atoms with Gasteiger partial charge in [-0.25, -0.2) is 8.93 Å². The van der Waals surface area contributed by atoms with Crippen LogP contribution in [-0.4, -0.2) is 23.1 Å². The molecule has 68 valence electrons. The van der Waals surface area contributed by atoms with E-state index in [1.54, 1.807) is 6.26 Å². The maximum atomic E-state index is 10.7. The van der Waals surface area contributed by atoms with Crippen molar-refractivity contribution in [1.29, 1.82) is 0 Å². The maximum Gasteiger partial charge on any atom is 0.0883 e. The molecule has 2 atom stereocenters. The molecule has 0 aliphatic rings. The predicted octanol–water partition coefficient (Wildman–Crippen LogP) is 0.243. The lowest BCUT2D eigenvalue weighted by atomic mass is 9.86. The quantitative estimate of drug-likeness (QED) is 0.648. The molecule has 3 nitrogen and oxygen atoms in total. The highest BCUT2D eigenvalue weighted by atomic mass is 32.2. The molecule has 11 heavy (non-hydrogen) atoms. The third-order valence-corrected chi connectivity index (χ3v) is 2.51. The molecule has 0 aliphatic heterocycles. The SMILES string of the molecule is CC(N)C(C)(C)CNS(C)=O. The van der Waals surface area contributed by atoms with E-state index >= 15 is 0 Å². The van der Waals surface area contributed by atoms with Crippen LogP contribution in [0.2, 0.25) is 0 Å². The topological polar surface area (TPSA) is 55.1 Å². The Kier molecular flexibility index (Phi) is 4.21.